The van der Waals surface area contributed by atoms with Crippen LogP contribution >= 0.6 is 11.6 Å². The average Bonchev–Trinajstić information content (AvgIpc) is 3.24. The van der Waals surface area contributed by atoms with Crippen molar-refractivity contribution in [1.82, 2.24) is 9.97 Å². The molecule has 0 bridgehead atoms. The highest BCUT2D eigenvalue weighted by Crippen LogP contribution is 2.29. The Morgan fingerprint density at radius 2 is 1.83 bits per heavy atom. The van der Waals surface area contributed by atoms with Gasteiger partial charge in [0.15, 0.2) is 17.3 Å². The Morgan fingerprint density at radius 3 is 2.66 bits per heavy atom. The highest BCUT2D eigenvalue weighted by Gasteiger charge is 2.16. The van der Waals surface area contributed by atoms with Crippen LogP contribution in [0.1, 0.15) is 16.1 Å². The molecule has 7 heteroatoms. The van der Waals surface area contributed by atoms with Crippen LogP contribution in [0.3, 0.4) is 0 Å². The molecule has 0 unspecified atom stereocenters. The number of amides is 1. The van der Waals surface area contributed by atoms with Gasteiger partial charge in [-0.3, -0.25) is 9.78 Å². The van der Waals surface area contributed by atoms with Gasteiger partial charge in [0.2, 0.25) is 0 Å². The van der Waals surface area contributed by atoms with Crippen LogP contribution in [-0.4, -0.2) is 15.9 Å². The number of anilines is 1. The van der Waals surface area contributed by atoms with E-state index in [4.69, 9.17) is 20.8 Å². The molecule has 3 heterocycles. The van der Waals surface area contributed by atoms with Crippen molar-refractivity contribution in [3.8, 4) is 17.1 Å². The van der Waals surface area contributed by atoms with E-state index in [1.165, 1.54) is 0 Å². The number of ether oxygens (including phenoxy) is 1. The largest absolute Gasteiger partial charge is 0.485 e. The second kappa shape index (κ2) is 8.58. The number of nitrogens with zero attached hydrogens (tertiary/aromatic N) is 2. The number of nitrogens with one attached hydrogen (secondary N) is 1. The number of hydrogen-bond acceptors (Lipinski definition) is 5. The summed E-state index contributed by atoms with van der Waals surface area (Å²) in [6, 6.07) is 17.7. The Kier molecular flexibility index (Phi) is 5.54. The van der Waals surface area contributed by atoms with E-state index in [-0.39, 0.29) is 5.76 Å². The summed E-state index contributed by atoms with van der Waals surface area (Å²) in [4.78, 5) is 20.8. The first-order chi connectivity index (χ1) is 14.2. The zero-order chi connectivity index (χ0) is 20.1. The van der Waals surface area contributed by atoms with Gasteiger partial charge in [0, 0.05) is 24.2 Å². The zero-order valence-electron chi connectivity index (χ0n) is 15.2. The molecule has 29 heavy (non-hydrogen) atoms. The van der Waals surface area contributed by atoms with Crippen LogP contribution in [0, 0.1) is 0 Å². The van der Waals surface area contributed by atoms with Crippen LogP contribution in [-0.2, 0) is 6.61 Å². The van der Waals surface area contributed by atoms with Crippen LogP contribution < -0.4 is 10.1 Å². The Morgan fingerprint density at radius 1 is 1.00 bits per heavy atom. The van der Waals surface area contributed by atoms with Gasteiger partial charge >= 0.3 is 0 Å². The van der Waals surface area contributed by atoms with Crippen molar-refractivity contribution in [2.24, 2.45) is 0 Å². The van der Waals surface area contributed by atoms with Crippen molar-refractivity contribution in [1.29, 1.82) is 0 Å². The monoisotopic (exact) mass is 405 g/mol. The van der Waals surface area contributed by atoms with Gasteiger partial charge in [-0.15, -0.1) is 0 Å². The number of aromatic nitrogens is 2. The van der Waals surface area contributed by atoms with Gasteiger partial charge in [0.05, 0.1) is 5.02 Å². The van der Waals surface area contributed by atoms with Crippen molar-refractivity contribution in [3.63, 3.8) is 0 Å². The van der Waals surface area contributed by atoms with Crippen LogP contribution in [0.5, 0.6) is 5.75 Å². The lowest BCUT2D eigenvalue weighted by molar-refractivity contribution is 0.0996. The highest BCUT2D eigenvalue weighted by atomic mass is 35.5. The lowest BCUT2D eigenvalue weighted by atomic mass is 10.2. The fourth-order valence-corrected chi connectivity index (χ4v) is 2.90. The van der Waals surface area contributed by atoms with E-state index in [2.05, 4.69) is 15.3 Å². The van der Waals surface area contributed by atoms with Gasteiger partial charge in [-0.1, -0.05) is 23.7 Å². The molecule has 0 saturated carbocycles. The Bertz CT molecular complexity index is 1130. The van der Waals surface area contributed by atoms with Crippen LogP contribution in [0.4, 0.5) is 5.82 Å². The molecule has 1 amide bonds. The minimum absolute atomic E-state index is 0.144. The molecule has 0 saturated heterocycles. The van der Waals surface area contributed by atoms with Crippen LogP contribution in [0.2, 0.25) is 5.02 Å². The molecule has 0 atom stereocenters. The summed E-state index contributed by atoms with van der Waals surface area (Å²) >= 11 is 6.19. The molecular weight excluding hydrogens is 390 g/mol. The fourth-order valence-electron chi connectivity index (χ4n) is 2.68. The first-order valence-electron chi connectivity index (χ1n) is 8.83. The molecule has 0 aliphatic rings. The average molecular weight is 406 g/mol. The molecule has 0 spiro atoms. The predicted molar refractivity (Wildman–Crippen MR) is 110 cm³/mol. The van der Waals surface area contributed by atoms with Gasteiger partial charge in [0.25, 0.3) is 5.91 Å². The molecular formula is C22H16ClN3O3. The number of furan rings is 1. The minimum atomic E-state index is -0.434. The third-order valence-corrected chi connectivity index (χ3v) is 4.45. The molecule has 0 aliphatic carbocycles. The van der Waals surface area contributed by atoms with Crippen molar-refractivity contribution in [2.45, 2.75) is 6.61 Å². The second-order valence-electron chi connectivity index (χ2n) is 6.09. The normalized spacial score (nSPS) is 10.5. The number of hydrogen-bond donors (Lipinski definition) is 1. The Labute approximate surface area is 172 Å². The van der Waals surface area contributed by atoms with E-state index in [1.807, 2.05) is 30.3 Å². The van der Waals surface area contributed by atoms with Crippen molar-refractivity contribution >= 4 is 23.3 Å². The van der Waals surface area contributed by atoms with E-state index in [1.54, 1.807) is 48.9 Å². The number of benzene rings is 1. The lowest BCUT2D eigenvalue weighted by Crippen LogP contribution is -2.13. The second-order valence-corrected chi connectivity index (χ2v) is 6.50. The van der Waals surface area contributed by atoms with E-state index in [0.29, 0.717) is 34.5 Å². The fraction of sp³-hybridized carbons (Fsp3) is 0.0455. The maximum Gasteiger partial charge on any atom is 0.292 e. The van der Waals surface area contributed by atoms with E-state index in [0.717, 1.165) is 5.56 Å². The quantitative estimate of drug-likeness (QED) is 0.475. The Balaban J connectivity index is 1.48. The standard InChI is InChI=1S/C22H16ClN3O3/c23-17-5-2-1-4-16(17)18-7-8-20(29-18)22(27)26-21-19(6-3-11-25-21)28-14-15-9-12-24-13-10-15/h1-13H,14H2,(H,25,26,27). The molecule has 1 aromatic carbocycles. The maximum absolute atomic E-state index is 12.6. The number of halogens is 1. The topological polar surface area (TPSA) is 77.2 Å². The minimum Gasteiger partial charge on any atom is -0.485 e. The molecule has 6 nitrogen and oxygen atoms in total. The van der Waals surface area contributed by atoms with Crippen LogP contribution in [0.15, 0.2) is 83.7 Å². The van der Waals surface area contributed by atoms with E-state index in [9.17, 15) is 4.79 Å². The number of carbonyl (C=O) groups is 1. The summed E-state index contributed by atoms with van der Waals surface area (Å²) in [5.74, 6) is 0.982. The first kappa shape index (κ1) is 18.7. The van der Waals surface area contributed by atoms with Crippen LogP contribution in [0.25, 0.3) is 11.3 Å². The number of rotatable bonds is 6. The summed E-state index contributed by atoms with van der Waals surface area (Å²) in [5, 5.41) is 3.27. The third-order valence-electron chi connectivity index (χ3n) is 4.12. The summed E-state index contributed by atoms with van der Waals surface area (Å²) in [6.45, 7) is 0.328. The summed E-state index contributed by atoms with van der Waals surface area (Å²) in [6.07, 6.45) is 4.96. The smallest absolute Gasteiger partial charge is 0.292 e. The van der Waals surface area contributed by atoms with Gasteiger partial charge in [-0.05, 0) is 54.1 Å². The summed E-state index contributed by atoms with van der Waals surface area (Å²) in [5.41, 5.74) is 1.67. The first-order valence-corrected chi connectivity index (χ1v) is 9.21. The predicted octanol–water partition coefficient (Wildman–Crippen LogP) is 5.22. The molecule has 0 aliphatic heterocycles. The zero-order valence-corrected chi connectivity index (χ0v) is 16.0. The molecule has 4 rings (SSSR count). The number of pyridine rings is 2. The lowest BCUT2D eigenvalue weighted by Gasteiger charge is -2.10. The van der Waals surface area contributed by atoms with Gasteiger partial charge in [-0.25, -0.2) is 4.98 Å². The molecule has 3 aromatic heterocycles. The van der Waals surface area contributed by atoms with E-state index >= 15 is 0 Å². The Hall–Kier alpha value is -3.64. The molecule has 0 radical (unpaired) electrons. The summed E-state index contributed by atoms with van der Waals surface area (Å²) < 4.78 is 11.5. The maximum atomic E-state index is 12.6. The van der Waals surface area contributed by atoms with E-state index < -0.39 is 5.91 Å². The van der Waals surface area contributed by atoms with Crippen molar-refractivity contribution in [2.75, 3.05) is 5.32 Å². The molecule has 1 N–H and O–H groups in total. The van der Waals surface area contributed by atoms with Crippen molar-refractivity contribution in [3.05, 3.63) is 95.6 Å². The van der Waals surface area contributed by atoms with Crippen molar-refractivity contribution < 1.29 is 13.9 Å². The summed E-state index contributed by atoms with van der Waals surface area (Å²) in [7, 11) is 0. The molecule has 144 valence electrons. The third kappa shape index (κ3) is 4.44. The van der Waals surface area contributed by atoms with Gasteiger partial charge in [0.1, 0.15) is 12.4 Å². The number of carbonyl (C=O) groups excluding carboxylic acids is 1. The SMILES string of the molecule is O=C(Nc1ncccc1OCc1ccncc1)c1ccc(-c2ccccc2Cl)o1. The van der Waals surface area contributed by atoms with Gasteiger partial charge < -0.3 is 14.5 Å². The molecule has 0 fully saturated rings. The van der Waals surface area contributed by atoms with Gasteiger partial charge in [-0.2, -0.15) is 0 Å². The highest BCUT2D eigenvalue weighted by molar-refractivity contribution is 6.33. The molecule has 4 aromatic rings.